The molecular formula is C14H27NO. The third-order valence-electron chi connectivity index (χ3n) is 4.95. The molecule has 0 spiro atoms. The molecule has 2 saturated carbocycles. The average molecular weight is 225 g/mol. The summed E-state index contributed by atoms with van der Waals surface area (Å²) >= 11 is 0. The van der Waals surface area contributed by atoms with Crippen molar-refractivity contribution in [2.75, 3.05) is 13.6 Å². The highest BCUT2D eigenvalue weighted by Gasteiger charge is 2.41. The number of rotatable bonds is 3. The van der Waals surface area contributed by atoms with Crippen LogP contribution in [-0.4, -0.2) is 24.8 Å². The van der Waals surface area contributed by atoms with Crippen molar-refractivity contribution in [2.45, 2.75) is 63.9 Å². The summed E-state index contributed by atoms with van der Waals surface area (Å²) in [6, 6.07) is 0. The molecule has 0 aromatic carbocycles. The maximum Gasteiger partial charge on any atom is 0.0540 e. The Hall–Kier alpha value is -0.0800. The first kappa shape index (κ1) is 12.4. The molecule has 94 valence electrons. The van der Waals surface area contributed by atoms with E-state index in [-0.39, 0.29) is 6.10 Å². The minimum atomic E-state index is -0.0198. The third kappa shape index (κ3) is 2.60. The van der Waals surface area contributed by atoms with E-state index in [1.807, 2.05) is 0 Å². The van der Waals surface area contributed by atoms with E-state index < -0.39 is 0 Å². The van der Waals surface area contributed by atoms with E-state index in [4.69, 9.17) is 0 Å². The zero-order valence-corrected chi connectivity index (χ0v) is 10.7. The summed E-state index contributed by atoms with van der Waals surface area (Å²) in [6.45, 7) is 1.16. The van der Waals surface area contributed by atoms with Crippen LogP contribution in [0.2, 0.25) is 0 Å². The van der Waals surface area contributed by atoms with E-state index in [9.17, 15) is 5.11 Å². The predicted molar refractivity (Wildman–Crippen MR) is 67.4 cm³/mol. The van der Waals surface area contributed by atoms with Crippen molar-refractivity contribution in [3.05, 3.63) is 0 Å². The predicted octanol–water partition coefficient (Wildman–Crippen LogP) is 2.71. The van der Waals surface area contributed by atoms with Crippen LogP contribution in [0, 0.1) is 11.3 Å². The molecule has 0 amide bonds. The first-order valence-corrected chi connectivity index (χ1v) is 7.09. The summed E-state index contributed by atoms with van der Waals surface area (Å²) in [5.74, 6) is 0.918. The summed E-state index contributed by atoms with van der Waals surface area (Å²) in [6.07, 6.45) is 11.7. The Kier molecular flexibility index (Phi) is 4.26. The summed E-state index contributed by atoms with van der Waals surface area (Å²) < 4.78 is 0. The van der Waals surface area contributed by atoms with Gasteiger partial charge in [0.25, 0.3) is 0 Å². The first-order valence-electron chi connectivity index (χ1n) is 7.09. The Balaban J connectivity index is 2.01. The fourth-order valence-corrected chi connectivity index (χ4v) is 3.97. The van der Waals surface area contributed by atoms with E-state index in [2.05, 4.69) is 12.4 Å². The van der Waals surface area contributed by atoms with Crippen molar-refractivity contribution in [1.82, 2.24) is 5.32 Å². The summed E-state index contributed by atoms with van der Waals surface area (Å²) in [7, 11) is 2.08. The van der Waals surface area contributed by atoms with Crippen LogP contribution >= 0.6 is 0 Å². The standard InChI is InChI=1S/C14H27NO/c1-15-11-14(9-7-13(16)8-10-14)12-5-3-2-4-6-12/h12-13,15-16H,2-11H2,1H3. The minimum Gasteiger partial charge on any atom is -0.393 e. The van der Waals surface area contributed by atoms with Crippen molar-refractivity contribution in [1.29, 1.82) is 0 Å². The van der Waals surface area contributed by atoms with Gasteiger partial charge in [0, 0.05) is 6.54 Å². The molecule has 2 heteroatoms. The van der Waals surface area contributed by atoms with Gasteiger partial charge in [0.05, 0.1) is 6.10 Å². The van der Waals surface area contributed by atoms with Crippen molar-refractivity contribution in [2.24, 2.45) is 11.3 Å². The highest BCUT2D eigenvalue weighted by molar-refractivity contribution is 4.93. The molecule has 0 atom stereocenters. The second kappa shape index (κ2) is 5.50. The lowest BCUT2D eigenvalue weighted by Crippen LogP contribution is -2.44. The minimum absolute atomic E-state index is 0.0198. The van der Waals surface area contributed by atoms with E-state index in [1.54, 1.807) is 0 Å². The van der Waals surface area contributed by atoms with Crippen LogP contribution in [0.15, 0.2) is 0 Å². The molecule has 2 nitrogen and oxygen atoms in total. The van der Waals surface area contributed by atoms with Crippen molar-refractivity contribution >= 4 is 0 Å². The molecule has 0 aliphatic heterocycles. The highest BCUT2D eigenvalue weighted by Crippen LogP contribution is 2.47. The lowest BCUT2D eigenvalue weighted by molar-refractivity contribution is 0.0125. The molecule has 2 N–H and O–H groups in total. The van der Waals surface area contributed by atoms with Gasteiger partial charge in [0.15, 0.2) is 0 Å². The second-order valence-corrected chi connectivity index (χ2v) is 5.96. The fourth-order valence-electron chi connectivity index (χ4n) is 3.97. The zero-order valence-electron chi connectivity index (χ0n) is 10.7. The quantitative estimate of drug-likeness (QED) is 0.774. The largest absolute Gasteiger partial charge is 0.393 e. The lowest BCUT2D eigenvalue weighted by Gasteiger charge is -2.46. The van der Waals surface area contributed by atoms with E-state index in [0.29, 0.717) is 5.41 Å². The van der Waals surface area contributed by atoms with Crippen LogP contribution in [0.1, 0.15) is 57.8 Å². The van der Waals surface area contributed by atoms with Gasteiger partial charge in [-0.05, 0) is 56.9 Å². The Morgan fingerprint density at radius 1 is 1.06 bits per heavy atom. The van der Waals surface area contributed by atoms with Gasteiger partial charge in [-0.1, -0.05) is 19.3 Å². The number of aliphatic hydroxyl groups is 1. The average Bonchev–Trinajstić information content (AvgIpc) is 2.34. The number of aliphatic hydroxyl groups excluding tert-OH is 1. The van der Waals surface area contributed by atoms with Gasteiger partial charge in [0.2, 0.25) is 0 Å². The molecule has 0 aromatic heterocycles. The Morgan fingerprint density at radius 2 is 1.69 bits per heavy atom. The SMILES string of the molecule is CNCC1(C2CCCCC2)CCC(O)CC1. The lowest BCUT2D eigenvalue weighted by atomic mass is 9.61. The van der Waals surface area contributed by atoms with Gasteiger partial charge < -0.3 is 10.4 Å². The normalized spacial score (nSPS) is 37.5. The zero-order chi connectivity index (χ0) is 11.4. The molecule has 0 heterocycles. The molecule has 2 aliphatic rings. The number of nitrogens with one attached hydrogen (secondary N) is 1. The van der Waals surface area contributed by atoms with Gasteiger partial charge in [-0.3, -0.25) is 0 Å². The molecule has 0 aromatic rings. The van der Waals surface area contributed by atoms with Crippen molar-refractivity contribution in [3.63, 3.8) is 0 Å². The number of hydrogen-bond donors (Lipinski definition) is 2. The van der Waals surface area contributed by atoms with Gasteiger partial charge >= 0.3 is 0 Å². The molecule has 0 saturated heterocycles. The van der Waals surface area contributed by atoms with E-state index >= 15 is 0 Å². The van der Waals surface area contributed by atoms with Gasteiger partial charge in [0.1, 0.15) is 0 Å². The Bertz CT molecular complexity index is 203. The van der Waals surface area contributed by atoms with Gasteiger partial charge in [-0.2, -0.15) is 0 Å². The molecule has 0 unspecified atom stereocenters. The monoisotopic (exact) mass is 225 g/mol. The van der Waals surface area contributed by atoms with Crippen molar-refractivity contribution < 1.29 is 5.11 Å². The molecule has 0 bridgehead atoms. The summed E-state index contributed by atoms with van der Waals surface area (Å²) in [4.78, 5) is 0. The van der Waals surface area contributed by atoms with Crippen LogP contribution < -0.4 is 5.32 Å². The smallest absolute Gasteiger partial charge is 0.0540 e. The maximum absolute atomic E-state index is 9.69. The fraction of sp³-hybridized carbons (Fsp3) is 1.00. The summed E-state index contributed by atoms with van der Waals surface area (Å²) in [5.41, 5.74) is 0.508. The third-order valence-corrected chi connectivity index (χ3v) is 4.95. The van der Waals surface area contributed by atoms with Crippen LogP contribution in [0.5, 0.6) is 0 Å². The molecule has 2 aliphatic carbocycles. The Labute approximate surface area is 99.8 Å². The van der Waals surface area contributed by atoms with Crippen molar-refractivity contribution in [3.8, 4) is 0 Å². The van der Waals surface area contributed by atoms with E-state index in [0.717, 1.165) is 25.3 Å². The van der Waals surface area contributed by atoms with Crippen LogP contribution in [0.3, 0.4) is 0 Å². The summed E-state index contributed by atoms with van der Waals surface area (Å²) in [5, 5.41) is 13.1. The first-order chi connectivity index (χ1) is 7.77. The van der Waals surface area contributed by atoms with Gasteiger partial charge in [-0.15, -0.1) is 0 Å². The number of hydrogen-bond acceptors (Lipinski definition) is 2. The molecular weight excluding hydrogens is 198 g/mol. The highest BCUT2D eigenvalue weighted by atomic mass is 16.3. The second-order valence-electron chi connectivity index (χ2n) is 5.96. The molecule has 16 heavy (non-hydrogen) atoms. The van der Waals surface area contributed by atoms with Crippen LogP contribution in [-0.2, 0) is 0 Å². The van der Waals surface area contributed by atoms with Gasteiger partial charge in [-0.25, -0.2) is 0 Å². The van der Waals surface area contributed by atoms with Crippen LogP contribution in [0.4, 0.5) is 0 Å². The Morgan fingerprint density at radius 3 is 2.25 bits per heavy atom. The maximum atomic E-state index is 9.69. The van der Waals surface area contributed by atoms with Crippen LogP contribution in [0.25, 0.3) is 0 Å². The van der Waals surface area contributed by atoms with E-state index in [1.165, 1.54) is 44.9 Å². The molecule has 0 radical (unpaired) electrons. The molecule has 2 fully saturated rings. The molecule has 2 rings (SSSR count). The topological polar surface area (TPSA) is 32.3 Å².